The molecular weight excluding hydrogens is 390 g/mol. The van der Waals surface area contributed by atoms with E-state index in [-0.39, 0.29) is 24.0 Å². The van der Waals surface area contributed by atoms with Crippen molar-refractivity contribution in [2.45, 2.75) is 19.3 Å². The lowest BCUT2D eigenvalue weighted by atomic mass is 10.0. The van der Waals surface area contributed by atoms with Crippen LogP contribution in [0, 0.1) is 0 Å². The van der Waals surface area contributed by atoms with E-state index in [4.69, 9.17) is 9.47 Å². The molecule has 0 aliphatic carbocycles. The number of benzene rings is 3. The highest BCUT2D eigenvalue weighted by Crippen LogP contribution is 2.42. The van der Waals surface area contributed by atoms with Crippen LogP contribution in [0.1, 0.15) is 27.7 Å². The van der Waals surface area contributed by atoms with Gasteiger partial charge in [0, 0.05) is 17.8 Å². The second-order valence-corrected chi connectivity index (χ2v) is 6.77. The minimum atomic E-state index is -3.03. The maximum absolute atomic E-state index is 13.4. The van der Waals surface area contributed by atoms with Gasteiger partial charge in [-0.15, -0.1) is 0 Å². The van der Waals surface area contributed by atoms with E-state index in [1.165, 1.54) is 7.11 Å². The van der Waals surface area contributed by atoms with Gasteiger partial charge in [-0.2, -0.15) is 8.78 Å². The van der Waals surface area contributed by atoms with Gasteiger partial charge in [-0.05, 0) is 23.8 Å². The zero-order valence-electron chi connectivity index (χ0n) is 16.2. The van der Waals surface area contributed by atoms with Crippen LogP contribution in [0.3, 0.4) is 0 Å². The Morgan fingerprint density at radius 1 is 1.00 bits per heavy atom. The molecule has 154 valence electrons. The van der Waals surface area contributed by atoms with Gasteiger partial charge < -0.3 is 19.7 Å². The third kappa shape index (κ3) is 3.78. The maximum atomic E-state index is 13.4. The molecule has 3 aromatic rings. The first-order chi connectivity index (χ1) is 14.6. The topological polar surface area (TPSA) is 50.8 Å². The van der Waals surface area contributed by atoms with Crippen LogP contribution in [0.4, 0.5) is 14.5 Å². The van der Waals surface area contributed by atoms with Gasteiger partial charge >= 0.3 is 6.61 Å². The summed E-state index contributed by atoms with van der Waals surface area (Å²) < 4.78 is 36.4. The van der Waals surface area contributed by atoms with E-state index in [2.05, 4.69) is 5.32 Å². The van der Waals surface area contributed by atoms with E-state index < -0.39 is 12.8 Å². The molecule has 0 saturated heterocycles. The first kappa shape index (κ1) is 19.7. The highest BCUT2D eigenvalue weighted by molar-refractivity contribution is 6.01. The number of carbonyl (C=O) groups is 1. The van der Waals surface area contributed by atoms with Crippen molar-refractivity contribution in [3.8, 4) is 11.5 Å². The van der Waals surface area contributed by atoms with Gasteiger partial charge in [0.25, 0.3) is 5.91 Å². The molecule has 1 atom stereocenters. The normalized spacial score (nSPS) is 15.5. The number of nitrogens with one attached hydrogen (secondary N) is 1. The number of amides is 1. The fourth-order valence-electron chi connectivity index (χ4n) is 3.61. The Labute approximate surface area is 172 Å². The first-order valence-corrected chi connectivity index (χ1v) is 9.40. The van der Waals surface area contributed by atoms with Crippen LogP contribution >= 0.6 is 0 Å². The number of nitrogens with zero attached hydrogens (tertiary/aromatic N) is 1. The summed E-state index contributed by atoms with van der Waals surface area (Å²) in [6.07, 6.45) is -0.726. The first-order valence-electron chi connectivity index (χ1n) is 9.40. The van der Waals surface area contributed by atoms with Crippen molar-refractivity contribution in [2.24, 2.45) is 0 Å². The summed E-state index contributed by atoms with van der Waals surface area (Å²) in [6.45, 7) is -2.74. The van der Waals surface area contributed by atoms with Crippen LogP contribution in [0.15, 0.2) is 72.8 Å². The van der Waals surface area contributed by atoms with E-state index in [1.807, 2.05) is 36.4 Å². The molecular formula is C23H20F2N2O3. The predicted molar refractivity (Wildman–Crippen MR) is 109 cm³/mol. The molecule has 0 radical (unpaired) electrons. The SMILES string of the molecule is COc1cccc([C@H]2Nc3ccccc3C(=O)N2Cc2ccccc2)c1OC(F)F. The van der Waals surface area contributed by atoms with Crippen LogP contribution in [0.5, 0.6) is 11.5 Å². The van der Waals surface area contributed by atoms with Gasteiger partial charge in [-0.25, -0.2) is 0 Å². The van der Waals surface area contributed by atoms with Gasteiger partial charge in [-0.3, -0.25) is 4.79 Å². The van der Waals surface area contributed by atoms with Gasteiger partial charge in [0.05, 0.1) is 12.7 Å². The summed E-state index contributed by atoms with van der Waals surface area (Å²) in [5.41, 5.74) is 2.44. The highest BCUT2D eigenvalue weighted by atomic mass is 19.3. The molecule has 1 N–H and O–H groups in total. The van der Waals surface area contributed by atoms with Gasteiger partial charge in [0.15, 0.2) is 11.5 Å². The lowest BCUT2D eigenvalue weighted by Gasteiger charge is -2.39. The van der Waals surface area contributed by atoms with Crippen molar-refractivity contribution >= 4 is 11.6 Å². The molecule has 4 rings (SSSR count). The van der Waals surface area contributed by atoms with E-state index >= 15 is 0 Å². The average molecular weight is 410 g/mol. The number of anilines is 1. The van der Waals surface area contributed by atoms with Crippen LogP contribution in [0.25, 0.3) is 0 Å². The number of hydrogen-bond acceptors (Lipinski definition) is 4. The number of para-hydroxylation sites is 2. The molecule has 1 heterocycles. The van der Waals surface area contributed by atoms with Crippen LogP contribution < -0.4 is 14.8 Å². The number of methoxy groups -OCH3 is 1. The van der Waals surface area contributed by atoms with Gasteiger partial charge in [0.2, 0.25) is 0 Å². The number of fused-ring (bicyclic) bond motifs is 1. The number of rotatable bonds is 6. The van der Waals surface area contributed by atoms with E-state index in [9.17, 15) is 13.6 Å². The van der Waals surface area contributed by atoms with Crippen LogP contribution in [-0.4, -0.2) is 24.5 Å². The van der Waals surface area contributed by atoms with E-state index in [0.717, 1.165) is 5.56 Å². The summed E-state index contributed by atoms with van der Waals surface area (Å²) in [5, 5.41) is 3.30. The Morgan fingerprint density at radius 3 is 2.47 bits per heavy atom. The minimum absolute atomic E-state index is 0.0993. The molecule has 0 unspecified atom stereocenters. The number of ether oxygens (including phenoxy) is 2. The maximum Gasteiger partial charge on any atom is 0.387 e. The smallest absolute Gasteiger partial charge is 0.387 e. The molecule has 5 nitrogen and oxygen atoms in total. The van der Waals surface area contributed by atoms with E-state index in [0.29, 0.717) is 16.8 Å². The molecule has 7 heteroatoms. The molecule has 3 aromatic carbocycles. The lowest BCUT2D eigenvalue weighted by Crippen LogP contribution is -2.42. The Balaban J connectivity index is 1.83. The molecule has 1 aliphatic heterocycles. The molecule has 1 aliphatic rings. The second kappa shape index (κ2) is 8.41. The summed E-state index contributed by atoms with van der Waals surface area (Å²) in [7, 11) is 1.38. The monoisotopic (exact) mass is 410 g/mol. The highest BCUT2D eigenvalue weighted by Gasteiger charge is 2.35. The van der Waals surface area contributed by atoms with Crippen molar-refractivity contribution in [1.82, 2.24) is 4.90 Å². The molecule has 0 fully saturated rings. The van der Waals surface area contributed by atoms with Crippen molar-refractivity contribution < 1.29 is 23.0 Å². The molecule has 0 aromatic heterocycles. The third-order valence-electron chi connectivity index (χ3n) is 4.95. The Morgan fingerprint density at radius 2 is 1.73 bits per heavy atom. The standard InChI is InChI=1S/C23H20F2N2O3/c1-29-19-13-7-11-17(20(19)30-23(24)25)21-26-18-12-6-5-10-16(18)22(28)27(21)14-15-8-3-2-4-9-15/h2-13,21,23,26H,14H2,1H3/t21-/m0/s1. The fraction of sp³-hybridized carbons (Fsp3) is 0.174. The number of alkyl halides is 2. The molecule has 30 heavy (non-hydrogen) atoms. The summed E-state index contributed by atoms with van der Waals surface area (Å²) >= 11 is 0. The zero-order chi connectivity index (χ0) is 21.1. The van der Waals surface area contributed by atoms with Gasteiger partial charge in [0.1, 0.15) is 6.17 Å². The summed E-state index contributed by atoms with van der Waals surface area (Å²) in [4.78, 5) is 15.0. The van der Waals surface area contributed by atoms with Crippen molar-refractivity contribution in [3.05, 3.63) is 89.5 Å². The zero-order valence-corrected chi connectivity index (χ0v) is 16.2. The van der Waals surface area contributed by atoms with E-state index in [1.54, 1.807) is 41.3 Å². The molecule has 0 bridgehead atoms. The largest absolute Gasteiger partial charge is 0.493 e. The number of halogens is 2. The molecule has 1 amide bonds. The fourth-order valence-corrected chi connectivity index (χ4v) is 3.61. The summed E-state index contributed by atoms with van der Waals surface area (Å²) in [5.74, 6) is -0.137. The van der Waals surface area contributed by atoms with Crippen LogP contribution in [0.2, 0.25) is 0 Å². The Hall–Kier alpha value is -3.61. The second-order valence-electron chi connectivity index (χ2n) is 6.77. The van der Waals surface area contributed by atoms with Crippen LogP contribution in [-0.2, 0) is 6.54 Å². The quantitative estimate of drug-likeness (QED) is 0.617. The van der Waals surface area contributed by atoms with Crippen molar-refractivity contribution in [3.63, 3.8) is 0 Å². The minimum Gasteiger partial charge on any atom is -0.493 e. The van der Waals surface area contributed by atoms with Crippen molar-refractivity contribution in [1.29, 1.82) is 0 Å². The molecule has 0 spiro atoms. The lowest BCUT2D eigenvalue weighted by molar-refractivity contribution is -0.0523. The molecule has 0 saturated carbocycles. The van der Waals surface area contributed by atoms with Crippen molar-refractivity contribution in [2.75, 3.05) is 12.4 Å². The predicted octanol–water partition coefficient (Wildman–Crippen LogP) is 5.06. The average Bonchev–Trinajstić information content (AvgIpc) is 2.76. The Kier molecular flexibility index (Phi) is 5.52. The Bertz CT molecular complexity index is 1040. The van der Waals surface area contributed by atoms with Gasteiger partial charge in [-0.1, -0.05) is 54.6 Å². The number of hydrogen-bond donors (Lipinski definition) is 1. The summed E-state index contributed by atoms with van der Waals surface area (Å²) in [6, 6.07) is 21.5. The third-order valence-corrected chi connectivity index (χ3v) is 4.95. The number of carbonyl (C=O) groups excluding carboxylic acids is 1.